The number of carbonyl (C=O) groups excluding carboxylic acids is 3. The fourth-order valence-electron chi connectivity index (χ4n) is 2.12. The van der Waals surface area contributed by atoms with Crippen molar-refractivity contribution in [3.8, 4) is 0 Å². The van der Waals surface area contributed by atoms with Gasteiger partial charge < -0.3 is 19.5 Å². The molecule has 1 heterocycles. The van der Waals surface area contributed by atoms with Crippen LogP contribution in [0.2, 0.25) is 0 Å². The summed E-state index contributed by atoms with van der Waals surface area (Å²) in [6.07, 6.45) is 0.724. The highest BCUT2D eigenvalue weighted by Gasteiger charge is 2.39. The molecule has 1 aromatic rings. The van der Waals surface area contributed by atoms with E-state index in [4.69, 9.17) is 9.47 Å². The SMILES string of the molecule is COC(=O)c1c(F)c(Br)cc([N+](=O)[O-])c1NC=C1C(=O)OC(C)(C)OC1=O. The number of anilines is 1. The smallest absolute Gasteiger partial charge is 0.350 e. The van der Waals surface area contributed by atoms with Crippen molar-refractivity contribution in [1.29, 1.82) is 0 Å². The van der Waals surface area contributed by atoms with E-state index >= 15 is 0 Å². The lowest BCUT2D eigenvalue weighted by Crippen LogP contribution is -2.42. The van der Waals surface area contributed by atoms with Gasteiger partial charge in [-0.3, -0.25) is 10.1 Å². The Balaban J connectivity index is 2.57. The Morgan fingerprint density at radius 1 is 1.37 bits per heavy atom. The number of hydrogen-bond donors (Lipinski definition) is 1. The second-order valence-corrected chi connectivity index (χ2v) is 6.43. The van der Waals surface area contributed by atoms with Crippen LogP contribution in [0.1, 0.15) is 24.2 Å². The molecule has 0 bridgehead atoms. The van der Waals surface area contributed by atoms with Crippen molar-refractivity contribution in [1.82, 2.24) is 0 Å². The number of methoxy groups -OCH3 is 1. The Bertz CT molecular complexity index is 874. The number of ether oxygens (including phenoxy) is 3. The largest absolute Gasteiger partial charge is 0.465 e. The highest BCUT2D eigenvalue weighted by molar-refractivity contribution is 9.10. The van der Waals surface area contributed by atoms with Crippen LogP contribution in [0.15, 0.2) is 22.3 Å². The molecular weight excluding hydrogens is 435 g/mol. The lowest BCUT2D eigenvalue weighted by atomic mass is 10.1. The van der Waals surface area contributed by atoms with Crippen molar-refractivity contribution in [2.45, 2.75) is 19.6 Å². The molecule has 0 radical (unpaired) electrons. The van der Waals surface area contributed by atoms with Gasteiger partial charge in [-0.15, -0.1) is 0 Å². The van der Waals surface area contributed by atoms with Crippen molar-refractivity contribution in [3.05, 3.63) is 43.8 Å². The van der Waals surface area contributed by atoms with Crippen molar-refractivity contribution < 1.29 is 37.9 Å². The zero-order chi connectivity index (χ0) is 20.5. The summed E-state index contributed by atoms with van der Waals surface area (Å²) in [4.78, 5) is 46.1. The summed E-state index contributed by atoms with van der Waals surface area (Å²) in [6.45, 7) is 2.66. The normalized spacial score (nSPS) is 15.5. The Morgan fingerprint density at radius 2 is 1.93 bits per heavy atom. The van der Waals surface area contributed by atoms with Crippen LogP contribution >= 0.6 is 15.9 Å². The summed E-state index contributed by atoms with van der Waals surface area (Å²) in [6, 6.07) is 0.809. The van der Waals surface area contributed by atoms with E-state index in [1.807, 2.05) is 0 Å². The number of hydrogen-bond acceptors (Lipinski definition) is 9. The first-order valence-corrected chi connectivity index (χ1v) is 7.96. The van der Waals surface area contributed by atoms with Crippen LogP contribution in [0.25, 0.3) is 0 Å². The monoisotopic (exact) mass is 446 g/mol. The lowest BCUT2D eigenvalue weighted by molar-refractivity contribution is -0.384. The minimum absolute atomic E-state index is 0.356. The van der Waals surface area contributed by atoms with Crippen molar-refractivity contribution in [2.75, 3.05) is 12.4 Å². The first kappa shape index (κ1) is 20.3. The Morgan fingerprint density at radius 3 is 2.41 bits per heavy atom. The molecule has 12 heteroatoms. The molecule has 0 atom stereocenters. The van der Waals surface area contributed by atoms with E-state index in [1.165, 1.54) is 13.8 Å². The number of nitro benzene ring substituents is 1. The first-order valence-electron chi connectivity index (χ1n) is 7.16. The zero-order valence-corrected chi connectivity index (χ0v) is 15.7. The molecule has 1 aliphatic heterocycles. The van der Waals surface area contributed by atoms with Crippen LogP contribution in [0.4, 0.5) is 15.8 Å². The third-order valence-electron chi connectivity index (χ3n) is 3.26. The van der Waals surface area contributed by atoms with E-state index in [-0.39, 0.29) is 4.47 Å². The highest BCUT2D eigenvalue weighted by Crippen LogP contribution is 2.36. The molecule has 1 N–H and O–H groups in total. The van der Waals surface area contributed by atoms with E-state index in [0.717, 1.165) is 19.4 Å². The Hall–Kier alpha value is -3.02. The molecule has 0 aliphatic carbocycles. The van der Waals surface area contributed by atoms with Crippen molar-refractivity contribution >= 4 is 45.2 Å². The maximum Gasteiger partial charge on any atom is 0.350 e. The lowest BCUT2D eigenvalue weighted by Gasteiger charge is -2.29. The zero-order valence-electron chi connectivity index (χ0n) is 14.1. The summed E-state index contributed by atoms with van der Waals surface area (Å²) in [7, 11) is 0.953. The minimum Gasteiger partial charge on any atom is -0.465 e. The van der Waals surface area contributed by atoms with E-state index in [2.05, 4.69) is 26.0 Å². The molecule has 1 aromatic carbocycles. The predicted octanol–water partition coefficient (Wildman–Crippen LogP) is 2.41. The minimum atomic E-state index is -1.49. The highest BCUT2D eigenvalue weighted by atomic mass is 79.9. The van der Waals surface area contributed by atoms with Crippen LogP contribution in [0, 0.1) is 15.9 Å². The molecule has 27 heavy (non-hydrogen) atoms. The van der Waals surface area contributed by atoms with Gasteiger partial charge in [-0.05, 0) is 15.9 Å². The molecule has 0 amide bonds. The molecule has 0 spiro atoms. The average molecular weight is 447 g/mol. The van der Waals surface area contributed by atoms with Crippen LogP contribution in [0.3, 0.4) is 0 Å². The number of rotatable bonds is 4. The van der Waals surface area contributed by atoms with Crippen molar-refractivity contribution in [3.63, 3.8) is 0 Å². The molecule has 1 fully saturated rings. The predicted molar refractivity (Wildman–Crippen MR) is 90.1 cm³/mol. The van der Waals surface area contributed by atoms with E-state index < -0.39 is 56.9 Å². The quantitative estimate of drug-likeness (QED) is 0.243. The fourth-order valence-corrected chi connectivity index (χ4v) is 2.53. The molecule has 1 saturated heterocycles. The number of nitrogens with zero attached hydrogens (tertiary/aromatic N) is 1. The summed E-state index contributed by atoms with van der Waals surface area (Å²) in [5, 5.41) is 13.5. The van der Waals surface area contributed by atoms with Gasteiger partial charge in [-0.1, -0.05) is 0 Å². The van der Waals surface area contributed by atoms with Gasteiger partial charge in [0.1, 0.15) is 11.3 Å². The number of benzene rings is 1. The Labute approximate surface area is 159 Å². The number of nitrogens with one attached hydrogen (secondary N) is 1. The second-order valence-electron chi connectivity index (χ2n) is 5.57. The van der Waals surface area contributed by atoms with Gasteiger partial charge >= 0.3 is 17.9 Å². The molecule has 1 aliphatic rings. The fraction of sp³-hybridized carbons (Fsp3) is 0.267. The maximum absolute atomic E-state index is 14.3. The first-order chi connectivity index (χ1) is 12.5. The summed E-state index contributed by atoms with van der Waals surface area (Å²) >= 11 is 2.78. The molecular formula is C15H12BrFN2O8. The van der Waals surface area contributed by atoms with Gasteiger partial charge in [0.25, 0.3) is 11.5 Å². The van der Waals surface area contributed by atoms with Gasteiger partial charge in [0.15, 0.2) is 11.4 Å². The Kier molecular flexibility index (Phi) is 5.49. The van der Waals surface area contributed by atoms with Gasteiger partial charge in [0.05, 0.1) is 16.5 Å². The number of cyclic esters (lactones) is 2. The van der Waals surface area contributed by atoms with Crippen LogP contribution < -0.4 is 5.32 Å². The third-order valence-corrected chi connectivity index (χ3v) is 3.84. The summed E-state index contributed by atoms with van der Waals surface area (Å²) < 4.78 is 28.2. The molecule has 0 unspecified atom stereocenters. The third kappa shape index (κ3) is 4.05. The second kappa shape index (κ2) is 7.31. The average Bonchev–Trinajstić information content (AvgIpc) is 2.54. The topological polar surface area (TPSA) is 134 Å². The van der Waals surface area contributed by atoms with Crippen molar-refractivity contribution in [2.24, 2.45) is 0 Å². The molecule has 0 aromatic heterocycles. The van der Waals surface area contributed by atoms with E-state index in [1.54, 1.807) is 0 Å². The van der Waals surface area contributed by atoms with Gasteiger partial charge in [0.2, 0.25) is 0 Å². The van der Waals surface area contributed by atoms with Gasteiger partial charge in [-0.25, -0.2) is 18.8 Å². The molecule has 2 rings (SSSR count). The van der Waals surface area contributed by atoms with E-state index in [0.29, 0.717) is 0 Å². The van der Waals surface area contributed by atoms with E-state index in [9.17, 15) is 28.9 Å². The van der Waals surface area contributed by atoms with Crippen LogP contribution in [-0.2, 0) is 23.8 Å². The molecule has 144 valence electrons. The van der Waals surface area contributed by atoms with Crippen LogP contribution in [-0.4, -0.2) is 35.7 Å². The molecule has 10 nitrogen and oxygen atoms in total. The maximum atomic E-state index is 14.3. The number of carbonyl (C=O) groups is 3. The van der Waals surface area contributed by atoms with Gasteiger partial charge in [0, 0.05) is 26.1 Å². The summed E-state index contributed by atoms with van der Waals surface area (Å²) in [5.41, 5.74) is -2.76. The summed E-state index contributed by atoms with van der Waals surface area (Å²) in [5.74, 6) is -5.97. The van der Waals surface area contributed by atoms with Gasteiger partial charge in [-0.2, -0.15) is 0 Å². The molecule has 0 saturated carbocycles. The number of halogens is 2. The standard InChI is InChI=1S/C15H12BrFN2O8/c1-15(2)26-12(20)6(13(21)27-15)5-18-11-8(19(23)24)4-7(16)10(17)9(11)14(22)25-3/h4-5,18H,1-3H3. The number of nitro groups is 1. The van der Waals surface area contributed by atoms with Crippen LogP contribution in [0.5, 0.6) is 0 Å². The number of esters is 3.